The van der Waals surface area contributed by atoms with E-state index in [0.29, 0.717) is 17.7 Å². The number of hydrogen-bond donors (Lipinski definition) is 0. The Morgan fingerprint density at radius 3 is 1.65 bits per heavy atom. The van der Waals surface area contributed by atoms with Gasteiger partial charge in [0.1, 0.15) is 0 Å². The molecular formula is C10H14F5NO. The van der Waals surface area contributed by atoms with Crippen LogP contribution < -0.4 is 0 Å². The molecule has 1 rings (SSSR count). The third-order valence-corrected chi connectivity index (χ3v) is 2.77. The van der Waals surface area contributed by atoms with Crippen molar-refractivity contribution in [3.8, 4) is 0 Å². The summed E-state index contributed by atoms with van der Waals surface area (Å²) in [7, 11) is 0. The Bertz CT molecular complexity index is 268. The van der Waals surface area contributed by atoms with Crippen molar-refractivity contribution < 1.29 is 26.7 Å². The third kappa shape index (κ3) is 3.29. The van der Waals surface area contributed by atoms with Gasteiger partial charge in [-0.3, -0.25) is 4.79 Å². The second kappa shape index (κ2) is 5.18. The first kappa shape index (κ1) is 14.2. The zero-order valence-corrected chi connectivity index (χ0v) is 9.20. The second-order valence-corrected chi connectivity index (χ2v) is 4.13. The molecule has 0 aromatic carbocycles. The van der Waals surface area contributed by atoms with Gasteiger partial charge in [-0.2, -0.15) is 22.0 Å². The Labute approximate surface area is 95.8 Å². The van der Waals surface area contributed by atoms with Gasteiger partial charge in [0.25, 0.3) is 0 Å². The molecule has 2 nitrogen and oxygen atoms in total. The van der Waals surface area contributed by atoms with Crippen LogP contribution in [-0.4, -0.2) is 36.0 Å². The summed E-state index contributed by atoms with van der Waals surface area (Å²) in [5.74, 6) is -7.39. The van der Waals surface area contributed by atoms with Crippen molar-refractivity contribution in [1.29, 1.82) is 0 Å². The van der Waals surface area contributed by atoms with E-state index in [9.17, 15) is 26.7 Å². The number of carbonyl (C=O) groups is 1. The van der Waals surface area contributed by atoms with E-state index in [1.54, 1.807) is 0 Å². The van der Waals surface area contributed by atoms with Gasteiger partial charge in [0.05, 0.1) is 0 Å². The summed E-state index contributed by atoms with van der Waals surface area (Å²) in [6.45, 7) is -0.0466. The van der Waals surface area contributed by atoms with Gasteiger partial charge in [-0.25, -0.2) is 0 Å². The van der Waals surface area contributed by atoms with Crippen molar-refractivity contribution in [1.82, 2.24) is 4.90 Å². The maximum atomic E-state index is 12.8. The van der Waals surface area contributed by atoms with Crippen LogP contribution in [0.25, 0.3) is 0 Å². The molecule has 0 aliphatic carbocycles. The van der Waals surface area contributed by atoms with E-state index in [4.69, 9.17) is 0 Å². The molecule has 0 aromatic rings. The average molecular weight is 259 g/mol. The molecule has 1 saturated heterocycles. The van der Waals surface area contributed by atoms with Gasteiger partial charge in [-0.15, -0.1) is 0 Å². The van der Waals surface area contributed by atoms with Crippen LogP contribution in [0.3, 0.4) is 0 Å². The summed E-state index contributed by atoms with van der Waals surface area (Å²) < 4.78 is 61.7. The van der Waals surface area contributed by atoms with Crippen LogP contribution in [0.5, 0.6) is 0 Å². The average Bonchev–Trinajstić information content (AvgIpc) is 2.14. The summed E-state index contributed by atoms with van der Waals surface area (Å²) in [6, 6.07) is 0. The molecule has 0 saturated carbocycles. The first-order valence-electron chi connectivity index (χ1n) is 5.51. The molecular weight excluding hydrogens is 245 g/mol. The lowest BCUT2D eigenvalue weighted by atomic mass is 10.1. The number of amides is 1. The van der Waals surface area contributed by atoms with Gasteiger partial charge in [0.2, 0.25) is 0 Å². The fourth-order valence-corrected chi connectivity index (χ4v) is 1.77. The summed E-state index contributed by atoms with van der Waals surface area (Å²) >= 11 is 0. The van der Waals surface area contributed by atoms with Crippen LogP contribution in [0.2, 0.25) is 0 Å². The Morgan fingerprint density at radius 1 is 0.824 bits per heavy atom. The number of alkyl halides is 5. The van der Waals surface area contributed by atoms with Gasteiger partial charge < -0.3 is 4.90 Å². The minimum atomic E-state index is -5.81. The molecule has 0 aromatic heterocycles. The lowest BCUT2D eigenvalue weighted by molar-refractivity contribution is -0.274. The van der Waals surface area contributed by atoms with Crippen molar-refractivity contribution in [3.63, 3.8) is 0 Å². The highest BCUT2D eigenvalue weighted by molar-refractivity contribution is 5.84. The Morgan fingerprint density at radius 2 is 1.24 bits per heavy atom. The van der Waals surface area contributed by atoms with Crippen molar-refractivity contribution in [2.45, 2.75) is 44.2 Å². The predicted octanol–water partition coefficient (Wildman–Crippen LogP) is 2.98. The standard InChI is InChI=1S/C10H14F5NO/c11-9(12,10(13,14)15)8(17)16-6-4-2-1-3-5-7-16/h1-7H2. The van der Waals surface area contributed by atoms with Crippen LogP contribution in [0.1, 0.15) is 32.1 Å². The zero-order valence-electron chi connectivity index (χ0n) is 9.20. The van der Waals surface area contributed by atoms with Gasteiger partial charge in [-0.1, -0.05) is 19.3 Å². The van der Waals surface area contributed by atoms with Crippen LogP contribution in [0.4, 0.5) is 22.0 Å². The van der Waals surface area contributed by atoms with Crippen molar-refractivity contribution in [2.75, 3.05) is 13.1 Å². The van der Waals surface area contributed by atoms with E-state index in [0.717, 1.165) is 19.3 Å². The summed E-state index contributed by atoms with van der Waals surface area (Å²) in [6.07, 6.45) is -2.44. The number of halogens is 5. The highest BCUT2D eigenvalue weighted by atomic mass is 19.4. The molecule has 0 bridgehead atoms. The van der Waals surface area contributed by atoms with Crippen LogP contribution in [-0.2, 0) is 4.79 Å². The highest BCUT2D eigenvalue weighted by Gasteiger charge is 2.64. The fourth-order valence-electron chi connectivity index (χ4n) is 1.77. The smallest absolute Gasteiger partial charge is 0.337 e. The van der Waals surface area contributed by atoms with E-state index in [1.165, 1.54) is 0 Å². The first-order valence-corrected chi connectivity index (χ1v) is 5.51. The van der Waals surface area contributed by atoms with Crippen LogP contribution >= 0.6 is 0 Å². The van der Waals surface area contributed by atoms with E-state index >= 15 is 0 Å². The molecule has 1 amide bonds. The Kier molecular flexibility index (Phi) is 4.32. The zero-order chi connectivity index (χ0) is 13.1. The maximum Gasteiger partial charge on any atom is 0.463 e. The molecule has 7 heteroatoms. The molecule has 100 valence electrons. The highest BCUT2D eigenvalue weighted by Crippen LogP contribution is 2.37. The molecule has 1 fully saturated rings. The molecule has 1 aliphatic rings. The first-order chi connectivity index (χ1) is 7.77. The molecule has 0 unspecified atom stereocenters. The van der Waals surface area contributed by atoms with Gasteiger partial charge in [-0.05, 0) is 12.8 Å². The lowest BCUT2D eigenvalue weighted by Gasteiger charge is -2.29. The molecule has 17 heavy (non-hydrogen) atoms. The van der Waals surface area contributed by atoms with Crippen LogP contribution in [0, 0.1) is 0 Å². The molecule has 0 spiro atoms. The van der Waals surface area contributed by atoms with E-state index in [2.05, 4.69) is 0 Å². The number of hydrogen-bond acceptors (Lipinski definition) is 1. The third-order valence-electron chi connectivity index (χ3n) is 2.77. The van der Waals surface area contributed by atoms with Crippen LogP contribution in [0.15, 0.2) is 0 Å². The van der Waals surface area contributed by atoms with E-state index < -0.39 is 18.0 Å². The summed E-state index contributed by atoms with van der Waals surface area (Å²) in [5, 5.41) is 0. The minimum Gasteiger partial charge on any atom is -0.337 e. The molecule has 0 N–H and O–H groups in total. The van der Waals surface area contributed by atoms with Gasteiger partial charge in [0, 0.05) is 13.1 Å². The maximum absolute atomic E-state index is 12.8. The number of rotatable bonds is 1. The number of nitrogens with zero attached hydrogens (tertiary/aromatic N) is 1. The number of carbonyl (C=O) groups excluding carboxylic acids is 1. The molecule has 0 radical (unpaired) electrons. The second-order valence-electron chi connectivity index (χ2n) is 4.13. The van der Waals surface area contributed by atoms with Crippen molar-refractivity contribution in [2.24, 2.45) is 0 Å². The number of likely N-dealkylation sites (tertiary alicyclic amines) is 1. The SMILES string of the molecule is O=C(N1CCCCCCC1)C(F)(F)C(F)(F)F. The van der Waals surface area contributed by atoms with Crippen molar-refractivity contribution >= 4 is 5.91 Å². The van der Waals surface area contributed by atoms with Gasteiger partial charge >= 0.3 is 18.0 Å². The molecule has 1 aliphatic heterocycles. The lowest BCUT2D eigenvalue weighted by Crippen LogP contribution is -2.52. The largest absolute Gasteiger partial charge is 0.463 e. The monoisotopic (exact) mass is 259 g/mol. The Balaban J connectivity index is 2.73. The Hall–Kier alpha value is -0.880. The minimum absolute atomic E-state index is 0.0233. The molecule has 0 atom stereocenters. The summed E-state index contributed by atoms with van der Waals surface area (Å²) in [5.41, 5.74) is 0. The molecule has 1 heterocycles. The summed E-state index contributed by atoms with van der Waals surface area (Å²) in [4.78, 5) is 11.8. The predicted molar refractivity (Wildman–Crippen MR) is 50.7 cm³/mol. The van der Waals surface area contributed by atoms with E-state index in [-0.39, 0.29) is 13.1 Å². The normalized spacial score (nSPS) is 19.7. The topological polar surface area (TPSA) is 20.3 Å². The van der Waals surface area contributed by atoms with Gasteiger partial charge in [0.15, 0.2) is 0 Å². The van der Waals surface area contributed by atoms with E-state index in [1.807, 2.05) is 0 Å². The fraction of sp³-hybridized carbons (Fsp3) is 0.900. The quantitative estimate of drug-likeness (QED) is 0.663. The van der Waals surface area contributed by atoms with Crippen molar-refractivity contribution in [3.05, 3.63) is 0 Å².